The van der Waals surface area contributed by atoms with Crippen LogP contribution in [0.2, 0.25) is 0 Å². The Bertz CT molecular complexity index is 803. The van der Waals surface area contributed by atoms with Crippen LogP contribution in [0, 0.1) is 17.1 Å². The minimum absolute atomic E-state index is 0.0523. The number of carbonyl (C=O) groups is 1. The number of hydrogen-bond donors (Lipinski definition) is 1. The SMILES string of the molecule is CCOC(=O)c1c(-c2ccccc2F)nc(SC)c(C#N)c1N. The molecule has 0 bridgehead atoms. The number of benzene rings is 1. The average molecular weight is 331 g/mol. The van der Waals surface area contributed by atoms with Gasteiger partial charge in [-0.2, -0.15) is 5.26 Å². The van der Waals surface area contributed by atoms with E-state index in [1.807, 2.05) is 6.07 Å². The Hall–Kier alpha value is -2.59. The first-order valence-corrected chi connectivity index (χ1v) is 7.97. The van der Waals surface area contributed by atoms with Gasteiger partial charge in [0.15, 0.2) is 0 Å². The third-order valence-corrected chi connectivity index (χ3v) is 3.80. The summed E-state index contributed by atoms with van der Waals surface area (Å²) in [5.74, 6) is -1.28. The third-order valence-electron chi connectivity index (χ3n) is 3.12. The molecule has 0 fully saturated rings. The molecule has 0 saturated heterocycles. The van der Waals surface area contributed by atoms with Crippen LogP contribution in [0.4, 0.5) is 10.1 Å². The van der Waals surface area contributed by atoms with Crippen LogP contribution in [0.1, 0.15) is 22.8 Å². The first-order chi connectivity index (χ1) is 11.0. The number of anilines is 1. The van der Waals surface area contributed by atoms with E-state index in [1.165, 1.54) is 30.0 Å². The standard InChI is InChI=1S/C16H14FN3O2S/c1-3-22-16(21)12-13(19)10(8-18)15(23-2)20-14(12)9-6-4-5-7-11(9)17/h4-7H,3H2,1-2H3,(H2,19,20). The van der Waals surface area contributed by atoms with Gasteiger partial charge in [0.25, 0.3) is 0 Å². The molecule has 0 aliphatic rings. The van der Waals surface area contributed by atoms with Crippen molar-refractivity contribution >= 4 is 23.4 Å². The third kappa shape index (κ3) is 3.12. The molecule has 0 unspecified atom stereocenters. The second-order valence-corrected chi connectivity index (χ2v) is 5.24. The lowest BCUT2D eigenvalue weighted by Gasteiger charge is -2.14. The van der Waals surface area contributed by atoms with E-state index < -0.39 is 11.8 Å². The highest BCUT2D eigenvalue weighted by Crippen LogP contribution is 2.34. The van der Waals surface area contributed by atoms with Gasteiger partial charge in [-0.3, -0.25) is 0 Å². The largest absolute Gasteiger partial charge is 0.462 e. The number of halogens is 1. The Balaban J connectivity index is 2.84. The number of esters is 1. The minimum atomic E-state index is -0.736. The maximum atomic E-state index is 14.1. The van der Waals surface area contributed by atoms with Crippen molar-refractivity contribution in [3.8, 4) is 17.3 Å². The zero-order valence-electron chi connectivity index (χ0n) is 12.6. The number of ether oxygens (including phenoxy) is 1. The summed E-state index contributed by atoms with van der Waals surface area (Å²) in [6, 6.07) is 7.85. The van der Waals surface area contributed by atoms with Crippen LogP contribution >= 0.6 is 11.8 Å². The van der Waals surface area contributed by atoms with E-state index in [-0.39, 0.29) is 34.7 Å². The first kappa shape index (κ1) is 16.8. The van der Waals surface area contributed by atoms with Crippen LogP contribution in [0.3, 0.4) is 0 Å². The molecule has 0 amide bonds. The number of aromatic nitrogens is 1. The zero-order valence-corrected chi connectivity index (χ0v) is 13.4. The predicted octanol–water partition coefficient (Wildman–Crippen LogP) is 3.24. The van der Waals surface area contributed by atoms with Gasteiger partial charge >= 0.3 is 5.97 Å². The lowest BCUT2D eigenvalue weighted by atomic mass is 10.0. The van der Waals surface area contributed by atoms with E-state index in [4.69, 9.17) is 10.5 Å². The van der Waals surface area contributed by atoms with E-state index in [0.717, 1.165) is 0 Å². The summed E-state index contributed by atoms with van der Waals surface area (Å²) in [4.78, 5) is 16.5. The molecule has 2 N–H and O–H groups in total. The smallest absolute Gasteiger partial charge is 0.342 e. The van der Waals surface area contributed by atoms with Crippen LogP contribution in [0.15, 0.2) is 29.3 Å². The number of nitrogens with two attached hydrogens (primary N) is 1. The van der Waals surface area contributed by atoms with E-state index >= 15 is 0 Å². The number of nitrogen functional groups attached to an aromatic ring is 1. The molecule has 2 aromatic rings. The number of thioether (sulfide) groups is 1. The lowest BCUT2D eigenvalue weighted by molar-refractivity contribution is 0.0528. The lowest BCUT2D eigenvalue weighted by Crippen LogP contribution is -2.14. The summed E-state index contributed by atoms with van der Waals surface area (Å²) >= 11 is 1.19. The summed E-state index contributed by atoms with van der Waals surface area (Å²) in [5.41, 5.74) is 6.13. The highest BCUT2D eigenvalue weighted by atomic mass is 32.2. The quantitative estimate of drug-likeness (QED) is 0.683. The van der Waals surface area contributed by atoms with Gasteiger partial charge in [0.05, 0.1) is 18.0 Å². The number of carbonyl (C=O) groups excluding carboxylic acids is 1. The second kappa shape index (κ2) is 7.11. The van der Waals surface area contributed by atoms with E-state index in [1.54, 1.807) is 19.2 Å². The normalized spacial score (nSPS) is 10.2. The van der Waals surface area contributed by atoms with Crippen LogP contribution in [-0.4, -0.2) is 23.8 Å². The van der Waals surface area contributed by atoms with Crippen molar-refractivity contribution in [1.82, 2.24) is 4.98 Å². The molecule has 0 spiro atoms. The van der Waals surface area contributed by atoms with E-state index in [0.29, 0.717) is 5.03 Å². The predicted molar refractivity (Wildman–Crippen MR) is 86.5 cm³/mol. The fourth-order valence-electron chi connectivity index (χ4n) is 2.09. The fraction of sp³-hybridized carbons (Fsp3) is 0.188. The number of rotatable bonds is 4. The Kier molecular flexibility index (Phi) is 5.19. The van der Waals surface area contributed by atoms with Crippen molar-refractivity contribution < 1.29 is 13.9 Å². The molecule has 2 rings (SSSR count). The van der Waals surface area contributed by atoms with Crippen molar-refractivity contribution in [2.45, 2.75) is 11.9 Å². The molecular formula is C16H14FN3O2S. The molecule has 5 nitrogen and oxygen atoms in total. The van der Waals surface area contributed by atoms with Crippen molar-refractivity contribution in [2.75, 3.05) is 18.6 Å². The average Bonchev–Trinajstić information content (AvgIpc) is 2.54. The number of nitriles is 1. The van der Waals surface area contributed by atoms with Crippen molar-refractivity contribution in [1.29, 1.82) is 5.26 Å². The maximum absolute atomic E-state index is 14.1. The molecule has 0 radical (unpaired) electrons. The molecule has 118 valence electrons. The van der Waals surface area contributed by atoms with Gasteiger partial charge in [-0.1, -0.05) is 12.1 Å². The molecule has 0 aliphatic heterocycles. The summed E-state index contributed by atoms with van der Waals surface area (Å²) in [6.45, 7) is 1.77. The molecule has 0 atom stereocenters. The van der Waals surface area contributed by atoms with Gasteiger partial charge in [-0.05, 0) is 25.3 Å². The summed E-state index contributed by atoms with van der Waals surface area (Å²) in [6.07, 6.45) is 1.72. The minimum Gasteiger partial charge on any atom is -0.462 e. The zero-order chi connectivity index (χ0) is 17.0. The maximum Gasteiger partial charge on any atom is 0.342 e. The topological polar surface area (TPSA) is 89.0 Å². The molecule has 0 aliphatic carbocycles. The fourth-order valence-corrected chi connectivity index (χ4v) is 2.64. The van der Waals surface area contributed by atoms with Gasteiger partial charge in [-0.25, -0.2) is 14.2 Å². The molecule has 7 heteroatoms. The van der Waals surface area contributed by atoms with E-state index in [9.17, 15) is 14.4 Å². The van der Waals surface area contributed by atoms with Gasteiger partial charge < -0.3 is 10.5 Å². The van der Waals surface area contributed by atoms with Crippen LogP contribution in [0.25, 0.3) is 11.3 Å². The summed E-state index contributed by atoms with van der Waals surface area (Å²) < 4.78 is 19.1. The molecular weight excluding hydrogens is 317 g/mol. The molecule has 1 heterocycles. The highest BCUT2D eigenvalue weighted by molar-refractivity contribution is 7.98. The van der Waals surface area contributed by atoms with Crippen LogP contribution in [-0.2, 0) is 4.74 Å². The van der Waals surface area contributed by atoms with Gasteiger partial charge in [0, 0.05) is 5.56 Å². The van der Waals surface area contributed by atoms with Gasteiger partial charge in [0.1, 0.15) is 28.0 Å². The van der Waals surface area contributed by atoms with Crippen LogP contribution < -0.4 is 5.73 Å². The molecule has 1 aromatic heterocycles. The number of hydrogen-bond acceptors (Lipinski definition) is 6. The van der Waals surface area contributed by atoms with Crippen molar-refractivity contribution in [2.24, 2.45) is 0 Å². The Morgan fingerprint density at radius 1 is 1.48 bits per heavy atom. The monoisotopic (exact) mass is 331 g/mol. The van der Waals surface area contributed by atoms with Crippen molar-refractivity contribution in [3.63, 3.8) is 0 Å². The van der Waals surface area contributed by atoms with Crippen molar-refractivity contribution in [3.05, 3.63) is 41.2 Å². The van der Waals surface area contributed by atoms with Gasteiger partial charge in [-0.15, -0.1) is 11.8 Å². The van der Waals surface area contributed by atoms with Crippen LogP contribution in [0.5, 0.6) is 0 Å². The second-order valence-electron chi connectivity index (χ2n) is 4.45. The van der Waals surface area contributed by atoms with Gasteiger partial charge in [0.2, 0.25) is 0 Å². The Morgan fingerprint density at radius 2 is 2.17 bits per heavy atom. The first-order valence-electron chi connectivity index (χ1n) is 6.74. The Labute approximate surface area is 137 Å². The molecule has 23 heavy (non-hydrogen) atoms. The number of pyridine rings is 1. The molecule has 1 aromatic carbocycles. The van der Waals surface area contributed by atoms with E-state index in [2.05, 4.69) is 4.98 Å². The molecule has 0 saturated carbocycles. The Morgan fingerprint density at radius 3 is 2.74 bits per heavy atom. The number of nitrogens with zero attached hydrogens (tertiary/aromatic N) is 2. The summed E-state index contributed by atoms with van der Waals surface area (Å²) in [7, 11) is 0. The highest BCUT2D eigenvalue weighted by Gasteiger charge is 2.25. The summed E-state index contributed by atoms with van der Waals surface area (Å²) in [5, 5.41) is 9.60.